The van der Waals surface area contributed by atoms with Crippen molar-refractivity contribution in [2.75, 3.05) is 0 Å². The second kappa shape index (κ2) is 12.1. The Kier molecular flexibility index (Phi) is 7.32. The first-order chi connectivity index (χ1) is 23.3. The molecule has 1 heterocycles. The average Bonchev–Trinajstić information content (AvgIpc) is 3.55. The molecule has 0 aliphatic rings. The lowest BCUT2D eigenvalue weighted by atomic mass is 9.85. The summed E-state index contributed by atoms with van der Waals surface area (Å²) in [5, 5.41) is 7.54. The third kappa shape index (κ3) is 4.86. The molecule has 47 heavy (non-hydrogen) atoms. The molecule has 2 nitrogen and oxygen atoms in total. The van der Waals surface area contributed by atoms with Gasteiger partial charge in [0, 0.05) is 11.3 Å². The van der Waals surface area contributed by atoms with Gasteiger partial charge in [-0.3, -0.25) is 4.57 Å². The van der Waals surface area contributed by atoms with E-state index < -0.39 is 0 Å². The second-order valence-corrected chi connectivity index (χ2v) is 11.6. The Balaban J connectivity index is 0.00000159. The molecule has 224 valence electrons. The highest BCUT2D eigenvalue weighted by Crippen LogP contribution is 2.44. The van der Waals surface area contributed by atoms with Crippen LogP contribution >= 0.6 is 0 Å². The Morgan fingerprint density at radius 2 is 0.915 bits per heavy atom. The average molecular weight is 603 g/mol. The Labute approximate surface area is 275 Å². The molecule has 0 saturated carbocycles. The van der Waals surface area contributed by atoms with Gasteiger partial charge in [0.15, 0.2) is 0 Å². The van der Waals surface area contributed by atoms with Crippen molar-refractivity contribution in [3.63, 3.8) is 0 Å². The maximum atomic E-state index is 5.04. The highest BCUT2D eigenvalue weighted by molar-refractivity contribution is 6.21. The van der Waals surface area contributed by atoms with E-state index >= 15 is 0 Å². The molecule has 9 rings (SSSR count). The summed E-state index contributed by atoms with van der Waals surface area (Å²) in [5.41, 5.74) is 9.25. The molecule has 0 aliphatic heterocycles. The van der Waals surface area contributed by atoms with Crippen LogP contribution in [0.2, 0.25) is 0 Å². The van der Waals surface area contributed by atoms with Crippen molar-refractivity contribution in [2.24, 2.45) is 0 Å². The quantitative estimate of drug-likeness (QED) is 0.183. The van der Waals surface area contributed by atoms with E-state index in [-0.39, 0.29) is 0 Å². The Morgan fingerprint density at radius 1 is 0.404 bits per heavy atom. The lowest BCUT2D eigenvalue weighted by molar-refractivity contribution is 1.10. The summed E-state index contributed by atoms with van der Waals surface area (Å²) >= 11 is 0. The molecular formula is C45H34N2. The number of hydrogen-bond donors (Lipinski definition) is 0. The zero-order valence-corrected chi connectivity index (χ0v) is 26.6. The van der Waals surface area contributed by atoms with Crippen LogP contribution in [0, 0.1) is 0 Å². The summed E-state index contributed by atoms with van der Waals surface area (Å²) in [6.07, 6.45) is 0. The minimum atomic E-state index is 0.945. The molecule has 0 bridgehead atoms. The summed E-state index contributed by atoms with van der Waals surface area (Å²) in [7, 11) is 0. The van der Waals surface area contributed by atoms with Gasteiger partial charge in [-0.05, 0) is 84.9 Å². The second-order valence-electron chi connectivity index (χ2n) is 11.6. The lowest BCUT2D eigenvalue weighted by Gasteiger charge is -2.18. The molecule has 0 unspecified atom stereocenters. The van der Waals surface area contributed by atoms with E-state index in [9.17, 15) is 0 Å². The van der Waals surface area contributed by atoms with Gasteiger partial charge in [-0.15, -0.1) is 0 Å². The fourth-order valence-corrected chi connectivity index (χ4v) is 6.94. The van der Waals surface area contributed by atoms with Gasteiger partial charge in [-0.1, -0.05) is 153 Å². The molecule has 0 amide bonds. The summed E-state index contributed by atoms with van der Waals surface area (Å²) in [5.74, 6) is 0.945. The molecule has 0 N–H and O–H groups in total. The number of fused-ring (bicyclic) bond motifs is 4. The molecule has 9 aromatic rings. The van der Waals surface area contributed by atoms with Crippen LogP contribution in [0.1, 0.15) is 13.8 Å². The molecule has 0 fully saturated rings. The van der Waals surface area contributed by atoms with E-state index in [1.165, 1.54) is 54.6 Å². The van der Waals surface area contributed by atoms with Gasteiger partial charge in [-0.25, -0.2) is 4.98 Å². The van der Waals surface area contributed by atoms with Crippen LogP contribution in [0.25, 0.3) is 82.7 Å². The third-order valence-electron chi connectivity index (χ3n) is 8.98. The fourth-order valence-electron chi connectivity index (χ4n) is 6.94. The molecule has 0 spiro atoms. The number of aromatic nitrogens is 2. The molecule has 0 saturated heterocycles. The lowest BCUT2D eigenvalue weighted by Crippen LogP contribution is -1.97. The van der Waals surface area contributed by atoms with Crippen LogP contribution in [-0.4, -0.2) is 9.55 Å². The third-order valence-corrected chi connectivity index (χ3v) is 8.98. The minimum Gasteiger partial charge on any atom is -0.292 e. The zero-order chi connectivity index (χ0) is 31.7. The van der Waals surface area contributed by atoms with Crippen LogP contribution in [0.5, 0.6) is 0 Å². The van der Waals surface area contributed by atoms with Crippen LogP contribution < -0.4 is 0 Å². The van der Waals surface area contributed by atoms with Crippen LogP contribution in [-0.2, 0) is 0 Å². The van der Waals surface area contributed by atoms with Crippen molar-refractivity contribution >= 4 is 43.4 Å². The first-order valence-corrected chi connectivity index (χ1v) is 16.4. The molecule has 0 aliphatic carbocycles. The molecular weight excluding hydrogens is 569 g/mol. The molecule has 2 heteroatoms. The van der Waals surface area contributed by atoms with E-state index in [1.807, 2.05) is 19.9 Å². The van der Waals surface area contributed by atoms with Gasteiger partial charge in [0.2, 0.25) is 0 Å². The largest absolute Gasteiger partial charge is 0.292 e. The van der Waals surface area contributed by atoms with E-state index in [2.05, 4.69) is 168 Å². The smallest absolute Gasteiger partial charge is 0.145 e. The van der Waals surface area contributed by atoms with Gasteiger partial charge in [0.25, 0.3) is 0 Å². The Bertz CT molecular complexity index is 2470. The predicted molar refractivity (Wildman–Crippen MR) is 201 cm³/mol. The van der Waals surface area contributed by atoms with Gasteiger partial charge in [0.05, 0.1) is 11.0 Å². The first kappa shape index (κ1) is 28.5. The number of rotatable bonds is 4. The number of benzene rings is 8. The van der Waals surface area contributed by atoms with Gasteiger partial charge < -0.3 is 0 Å². The van der Waals surface area contributed by atoms with Crippen molar-refractivity contribution in [3.8, 4) is 39.3 Å². The van der Waals surface area contributed by atoms with E-state index in [1.54, 1.807) is 0 Å². The molecule has 0 radical (unpaired) electrons. The van der Waals surface area contributed by atoms with E-state index in [0.717, 1.165) is 28.1 Å². The van der Waals surface area contributed by atoms with Crippen LogP contribution in [0.3, 0.4) is 0 Å². The van der Waals surface area contributed by atoms with E-state index in [4.69, 9.17) is 4.98 Å². The maximum absolute atomic E-state index is 5.04. The summed E-state index contributed by atoms with van der Waals surface area (Å²) < 4.78 is 2.27. The highest BCUT2D eigenvalue weighted by Gasteiger charge is 2.18. The van der Waals surface area contributed by atoms with Gasteiger partial charge in [-0.2, -0.15) is 0 Å². The van der Waals surface area contributed by atoms with Crippen molar-refractivity contribution in [1.29, 1.82) is 0 Å². The fraction of sp³-hybridized carbons (Fsp3) is 0.0444. The molecule has 0 atom stereocenters. The minimum absolute atomic E-state index is 0.945. The van der Waals surface area contributed by atoms with Gasteiger partial charge >= 0.3 is 0 Å². The first-order valence-electron chi connectivity index (χ1n) is 16.4. The Morgan fingerprint density at radius 3 is 1.57 bits per heavy atom. The Hall–Kier alpha value is -5.99. The number of para-hydroxylation sites is 2. The van der Waals surface area contributed by atoms with Crippen molar-refractivity contribution in [1.82, 2.24) is 9.55 Å². The summed E-state index contributed by atoms with van der Waals surface area (Å²) in [6.45, 7) is 4.00. The summed E-state index contributed by atoms with van der Waals surface area (Å²) in [6, 6.07) is 60.9. The monoisotopic (exact) mass is 602 g/mol. The number of hydrogen-bond acceptors (Lipinski definition) is 1. The van der Waals surface area contributed by atoms with Crippen molar-refractivity contribution in [2.45, 2.75) is 13.8 Å². The summed E-state index contributed by atoms with van der Waals surface area (Å²) in [4.78, 5) is 5.04. The van der Waals surface area contributed by atoms with Crippen molar-refractivity contribution in [3.05, 3.63) is 170 Å². The normalized spacial score (nSPS) is 11.2. The SMILES string of the molecule is CC.c1ccc(-c2nc3ccccc3n2-c2ccc(-c3c4ccccc4c(-c4ccc5ccccc5c4)c4ccccc34)cc2)cc1. The van der Waals surface area contributed by atoms with Crippen molar-refractivity contribution < 1.29 is 0 Å². The maximum Gasteiger partial charge on any atom is 0.145 e. The highest BCUT2D eigenvalue weighted by atomic mass is 15.1. The van der Waals surface area contributed by atoms with Gasteiger partial charge in [0.1, 0.15) is 5.82 Å². The van der Waals surface area contributed by atoms with Crippen LogP contribution in [0.15, 0.2) is 170 Å². The predicted octanol–water partition coefficient (Wildman–Crippen LogP) is 12.5. The molecule has 8 aromatic carbocycles. The standard InChI is InChI=1S/C43H28N2.C2H6/c1-2-13-31(14-3-1)43-44-39-20-10-11-21-40(39)45(43)34-26-24-30(25-27-34)41-35-16-6-8-18-37(35)42(38-19-9-7-17-36(38)41)33-23-22-29-12-4-5-15-32(29)28-33;1-2/h1-28H;1-2H3. The van der Waals surface area contributed by atoms with E-state index in [0.29, 0.717) is 0 Å². The topological polar surface area (TPSA) is 17.8 Å². The zero-order valence-electron chi connectivity index (χ0n) is 26.6. The van der Waals surface area contributed by atoms with Crippen LogP contribution in [0.4, 0.5) is 0 Å². The molecule has 1 aromatic heterocycles. The number of nitrogens with zero attached hydrogens (tertiary/aromatic N) is 2. The number of imidazole rings is 1.